The summed E-state index contributed by atoms with van der Waals surface area (Å²) in [5, 5.41) is 32.4. The summed E-state index contributed by atoms with van der Waals surface area (Å²) in [6, 6.07) is -2.75. The molecule has 2 aliphatic rings. The van der Waals surface area contributed by atoms with Gasteiger partial charge in [0.1, 0.15) is 42.0 Å². The Bertz CT molecular complexity index is 2080. The van der Waals surface area contributed by atoms with Crippen molar-refractivity contribution in [3.05, 3.63) is 29.8 Å². The lowest BCUT2D eigenvalue weighted by molar-refractivity contribution is -0.136. The molecule has 0 radical (unpaired) electrons. The Morgan fingerprint density at radius 2 is 1.33 bits per heavy atom. The maximum atomic E-state index is 14.0. The molecule has 3 rings (SSSR count). The smallest absolute Gasteiger partial charge is 0.244 e. The Balaban J connectivity index is 1.88. The first-order chi connectivity index (χ1) is 32.5. The number of hydrogen-bond donors (Lipinski definition) is 13. The second-order valence-electron chi connectivity index (χ2n) is 17.6. The van der Waals surface area contributed by atoms with Crippen LogP contribution in [0.3, 0.4) is 0 Å². The molecule has 1 aromatic rings. The number of aromatic hydroxyl groups is 1. The third-order valence-electron chi connectivity index (χ3n) is 11.6. The molecule has 380 valence electrons. The van der Waals surface area contributed by atoms with E-state index in [0.717, 1.165) is 0 Å². The van der Waals surface area contributed by atoms with Crippen LogP contribution in [-0.2, 0) is 64.0 Å². The minimum absolute atomic E-state index is 0.0281. The molecule has 16 N–H and O–H groups in total. The molecule has 25 nitrogen and oxygen atoms in total. The van der Waals surface area contributed by atoms with Crippen molar-refractivity contribution in [1.29, 1.82) is 0 Å². The third kappa shape index (κ3) is 19.1. The molecule has 25 heteroatoms. The van der Waals surface area contributed by atoms with Crippen molar-refractivity contribution >= 4 is 70.9 Å². The fourth-order valence-electron chi connectivity index (χ4n) is 7.28. The predicted octanol–water partition coefficient (Wildman–Crippen LogP) is -4.66. The molecule has 1 heterocycles. The molecule has 2 fully saturated rings. The number of amides is 12. The van der Waals surface area contributed by atoms with E-state index in [1.54, 1.807) is 27.7 Å². The summed E-state index contributed by atoms with van der Waals surface area (Å²) in [5.41, 5.74) is 16.4. The number of benzene rings is 1. The maximum Gasteiger partial charge on any atom is 0.244 e. The highest BCUT2D eigenvalue weighted by atomic mass is 16.3. The average Bonchev–Trinajstić information content (AvgIpc) is 4.07. The molecule has 1 aliphatic heterocycles. The number of phenols is 1. The van der Waals surface area contributed by atoms with Crippen molar-refractivity contribution in [2.24, 2.45) is 40.9 Å². The summed E-state index contributed by atoms with van der Waals surface area (Å²) in [5.74, 6) is -11.6. The first kappa shape index (κ1) is 56.0. The van der Waals surface area contributed by atoms with Crippen molar-refractivity contribution < 1.29 is 62.6 Å². The molecule has 0 aromatic heterocycles. The lowest BCUT2D eigenvalue weighted by atomic mass is 9.96. The maximum absolute atomic E-state index is 14.0. The Morgan fingerprint density at radius 3 is 1.94 bits per heavy atom. The van der Waals surface area contributed by atoms with Crippen LogP contribution in [0.1, 0.15) is 84.6 Å². The molecule has 69 heavy (non-hydrogen) atoms. The fraction of sp³-hybridized carbons (Fsp3) is 0.591. The Hall–Kier alpha value is -7.34. The van der Waals surface area contributed by atoms with Crippen LogP contribution in [-0.4, -0.2) is 132 Å². The van der Waals surface area contributed by atoms with Crippen LogP contribution in [0.4, 0.5) is 0 Å². The number of phenolic OH excluding ortho intramolecular Hbond substituents is 1. The third-order valence-corrected chi connectivity index (χ3v) is 11.6. The summed E-state index contributed by atoms with van der Waals surface area (Å²) >= 11 is 0. The zero-order valence-corrected chi connectivity index (χ0v) is 39.1. The van der Waals surface area contributed by atoms with Gasteiger partial charge in [0.25, 0.3) is 0 Å². The largest absolute Gasteiger partial charge is 0.508 e. The van der Waals surface area contributed by atoms with E-state index < -0.39 is 164 Å². The second kappa shape index (κ2) is 26.9. The first-order valence-electron chi connectivity index (χ1n) is 22.8. The number of carbonyl (C=O) groups excluding carboxylic acids is 12. The number of hydrogen-bond acceptors (Lipinski definition) is 13. The van der Waals surface area contributed by atoms with Gasteiger partial charge in [-0.05, 0) is 54.7 Å². The van der Waals surface area contributed by atoms with Gasteiger partial charge in [0.15, 0.2) is 0 Å². The van der Waals surface area contributed by atoms with E-state index >= 15 is 0 Å². The standard InChI is InChI=1S/C44H66N12O13/c1-5-22(4)37-44(69)52-27(10-11-31(45)58)40(65)53-29(18-32(46)59)41(66)54-30(19-49-34(61)12-13-35(62)51-28(42(67)56-37)16-23-6-8-25(57)9-7-23)39(64)48-15-14-24-17-26(24)38(63)55-36(21(2)3)43(68)50-20-33(47)60/h6-9,21-22,24,26-30,36-37,57H,5,10-20H2,1-4H3,(H2,45,58)(H2,46,59)(H2,47,60)(H,48,64)(H,49,61)(H,50,68)(H,51,62)(H,52,69)(H,53,65)(H,54,66)(H,55,63)(H,56,67)/t22-,24?,26-,27-,28-,29-,30-,36-,37-/m0/s1. The highest BCUT2D eigenvalue weighted by Crippen LogP contribution is 2.41. The monoisotopic (exact) mass is 970 g/mol. The molecule has 9 atom stereocenters. The fourth-order valence-corrected chi connectivity index (χ4v) is 7.28. The summed E-state index contributed by atoms with van der Waals surface area (Å²) in [7, 11) is 0. The van der Waals surface area contributed by atoms with E-state index in [1.165, 1.54) is 24.3 Å². The molecular formula is C44H66N12O13. The highest BCUT2D eigenvalue weighted by Gasteiger charge is 2.44. The Morgan fingerprint density at radius 1 is 0.710 bits per heavy atom. The van der Waals surface area contributed by atoms with Crippen molar-refractivity contribution in [2.75, 3.05) is 19.6 Å². The van der Waals surface area contributed by atoms with Gasteiger partial charge in [-0.3, -0.25) is 57.5 Å². The predicted molar refractivity (Wildman–Crippen MR) is 244 cm³/mol. The molecular weight excluding hydrogens is 905 g/mol. The summed E-state index contributed by atoms with van der Waals surface area (Å²) in [6.07, 6.45) is -1.65. The van der Waals surface area contributed by atoms with E-state index in [0.29, 0.717) is 18.4 Å². The summed E-state index contributed by atoms with van der Waals surface area (Å²) in [4.78, 5) is 157. The topological polar surface area (TPSA) is 411 Å². The van der Waals surface area contributed by atoms with E-state index in [1.807, 2.05) is 0 Å². The van der Waals surface area contributed by atoms with Gasteiger partial charge in [0, 0.05) is 44.7 Å². The zero-order chi connectivity index (χ0) is 51.5. The molecule has 1 aliphatic carbocycles. The highest BCUT2D eigenvalue weighted by molar-refractivity contribution is 5.98. The average molecular weight is 971 g/mol. The SMILES string of the molecule is CC[C@H](C)[C@@H]1NC(=O)[C@H](Cc2ccc(O)cc2)NC(=O)CCC(=O)NC[C@@H](C(=O)NCCC2C[C@@H]2C(=O)N[C@H](C(=O)NCC(N)=O)C(C)C)NC(=O)[C@H](CC(N)=O)NC(=O)[C@H](CCC(N)=O)NC1=O. The first-order valence-corrected chi connectivity index (χ1v) is 22.8. The quantitative estimate of drug-likeness (QED) is 0.0621. The van der Waals surface area contributed by atoms with Crippen molar-refractivity contribution in [3.63, 3.8) is 0 Å². The Kier molecular flexibility index (Phi) is 21.8. The van der Waals surface area contributed by atoms with Crippen molar-refractivity contribution in [3.8, 4) is 5.75 Å². The van der Waals surface area contributed by atoms with Crippen LogP contribution in [0.25, 0.3) is 0 Å². The van der Waals surface area contributed by atoms with Gasteiger partial charge in [-0.15, -0.1) is 0 Å². The van der Waals surface area contributed by atoms with Crippen LogP contribution < -0.4 is 65.1 Å². The van der Waals surface area contributed by atoms with E-state index in [-0.39, 0.29) is 37.0 Å². The van der Waals surface area contributed by atoms with Gasteiger partial charge in [-0.1, -0.05) is 46.2 Å². The lowest BCUT2D eigenvalue weighted by Gasteiger charge is -2.29. The summed E-state index contributed by atoms with van der Waals surface area (Å²) in [6.45, 7) is 5.78. The second-order valence-corrected chi connectivity index (χ2v) is 17.6. The van der Waals surface area contributed by atoms with Gasteiger partial charge >= 0.3 is 0 Å². The van der Waals surface area contributed by atoms with Crippen LogP contribution in [0.15, 0.2) is 24.3 Å². The minimum atomic E-state index is -1.77. The normalized spacial score (nSPS) is 23.8. The number of carbonyl (C=O) groups is 12. The van der Waals surface area contributed by atoms with E-state index in [9.17, 15) is 62.6 Å². The molecule has 1 saturated heterocycles. The van der Waals surface area contributed by atoms with Gasteiger partial charge in [-0.25, -0.2) is 0 Å². The van der Waals surface area contributed by atoms with Crippen LogP contribution >= 0.6 is 0 Å². The van der Waals surface area contributed by atoms with Crippen LogP contribution in [0.5, 0.6) is 5.75 Å². The van der Waals surface area contributed by atoms with Gasteiger partial charge < -0.3 is 70.2 Å². The zero-order valence-electron chi connectivity index (χ0n) is 39.1. The molecule has 0 bridgehead atoms. The van der Waals surface area contributed by atoms with Crippen LogP contribution in [0, 0.1) is 23.7 Å². The van der Waals surface area contributed by atoms with Crippen molar-refractivity contribution in [1.82, 2.24) is 47.9 Å². The van der Waals surface area contributed by atoms with Gasteiger partial charge in [0.05, 0.1) is 13.0 Å². The molecule has 1 unspecified atom stereocenters. The molecule has 0 spiro atoms. The van der Waals surface area contributed by atoms with Crippen LogP contribution in [0.2, 0.25) is 0 Å². The molecule has 12 amide bonds. The molecule has 1 saturated carbocycles. The van der Waals surface area contributed by atoms with E-state index in [4.69, 9.17) is 17.2 Å². The summed E-state index contributed by atoms with van der Waals surface area (Å²) < 4.78 is 0. The number of primary amides is 3. The minimum Gasteiger partial charge on any atom is -0.508 e. The number of rotatable bonds is 19. The number of nitrogens with two attached hydrogens (primary N) is 3. The lowest BCUT2D eigenvalue weighted by Crippen LogP contribution is -2.61. The van der Waals surface area contributed by atoms with Gasteiger partial charge in [-0.2, -0.15) is 0 Å². The number of nitrogens with one attached hydrogen (secondary N) is 9. The van der Waals surface area contributed by atoms with Crippen molar-refractivity contribution in [2.45, 2.75) is 122 Å². The Labute approximate surface area is 398 Å². The van der Waals surface area contributed by atoms with E-state index in [2.05, 4.69) is 47.9 Å². The van der Waals surface area contributed by atoms with Gasteiger partial charge in [0.2, 0.25) is 70.9 Å². The molecule has 1 aromatic carbocycles.